The van der Waals surface area contributed by atoms with Gasteiger partial charge in [0, 0.05) is 29.7 Å². The summed E-state index contributed by atoms with van der Waals surface area (Å²) >= 11 is 3.32. The number of halogens is 4. The van der Waals surface area contributed by atoms with Crippen LogP contribution in [0.5, 0.6) is 0 Å². The van der Waals surface area contributed by atoms with Gasteiger partial charge in [-0.3, -0.25) is 9.59 Å². The third-order valence-electron chi connectivity index (χ3n) is 3.67. The molecule has 1 aliphatic rings. The molecular formula is C16H16BrF3N2O2. The summed E-state index contributed by atoms with van der Waals surface area (Å²) in [5.41, 5.74) is 0.860. The molecule has 1 aromatic carbocycles. The van der Waals surface area contributed by atoms with Crippen LogP contribution in [-0.4, -0.2) is 42.0 Å². The molecule has 0 aliphatic carbocycles. The van der Waals surface area contributed by atoms with Crippen molar-refractivity contribution < 1.29 is 22.8 Å². The molecule has 0 unspecified atom stereocenters. The van der Waals surface area contributed by atoms with Gasteiger partial charge < -0.3 is 10.2 Å². The maximum absolute atomic E-state index is 12.4. The smallest absolute Gasteiger partial charge is 0.350 e. The Hall–Kier alpha value is -1.83. The lowest BCUT2D eigenvalue weighted by Gasteiger charge is -2.32. The van der Waals surface area contributed by atoms with Gasteiger partial charge in [-0.25, -0.2) is 0 Å². The molecule has 1 N–H and O–H groups in total. The zero-order valence-corrected chi connectivity index (χ0v) is 14.2. The van der Waals surface area contributed by atoms with Gasteiger partial charge >= 0.3 is 12.1 Å². The Morgan fingerprint density at radius 2 is 1.75 bits per heavy atom. The Morgan fingerprint density at radius 3 is 2.29 bits per heavy atom. The van der Waals surface area contributed by atoms with Gasteiger partial charge in [-0.2, -0.15) is 13.2 Å². The first kappa shape index (κ1) is 18.5. The highest BCUT2D eigenvalue weighted by Gasteiger charge is 2.43. The molecule has 0 aromatic heterocycles. The predicted molar refractivity (Wildman–Crippen MR) is 87.0 cm³/mol. The van der Waals surface area contributed by atoms with E-state index in [1.54, 1.807) is 6.08 Å². The van der Waals surface area contributed by atoms with E-state index in [4.69, 9.17) is 0 Å². The van der Waals surface area contributed by atoms with Crippen molar-refractivity contribution in [3.8, 4) is 0 Å². The standard InChI is InChI=1S/C16H16BrF3N2O2/c17-12-4-1-11(2-5-12)3-6-14(23)21-13-7-9-22(10-8-13)15(24)16(18,19)20/h1-6,13H,7-10H2,(H,21,23)/b6-3+. The van der Waals surface area contributed by atoms with Gasteiger partial charge in [-0.05, 0) is 36.6 Å². The van der Waals surface area contributed by atoms with E-state index < -0.39 is 12.1 Å². The minimum Gasteiger partial charge on any atom is -0.350 e. The zero-order valence-electron chi connectivity index (χ0n) is 12.6. The molecule has 1 fully saturated rings. The van der Waals surface area contributed by atoms with Crippen molar-refractivity contribution in [1.29, 1.82) is 0 Å². The van der Waals surface area contributed by atoms with Gasteiger partial charge in [0.2, 0.25) is 5.91 Å². The molecule has 1 aliphatic heterocycles. The van der Waals surface area contributed by atoms with Gasteiger partial charge in [0.15, 0.2) is 0 Å². The molecule has 2 amide bonds. The van der Waals surface area contributed by atoms with Crippen molar-refractivity contribution in [2.24, 2.45) is 0 Å². The first-order chi connectivity index (χ1) is 11.3. The average Bonchev–Trinajstić information content (AvgIpc) is 2.53. The monoisotopic (exact) mass is 404 g/mol. The first-order valence-electron chi connectivity index (χ1n) is 7.36. The second-order valence-corrected chi connectivity index (χ2v) is 6.37. The third-order valence-corrected chi connectivity index (χ3v) is 4.20. The number of hydrogen-bond donors (Lipinski definition) is 1. The van der Waals surface area contributed by atoms with E-state index in [1.807, 2.05) is 24.3 Å². The van der Waals surface area contributed by atoms with Crippen LogP contribution in [0.1, 0.15) is 18.4 Å². The number of piperidine rings is 1. The fourth-order valence-electron chi connectivity index (χ4n) is 2.40. The molecule has 0 radical (unpaired) electrons. The quantitative estimate of drug-likeness (QED) is 0.786. The molecule has 1 saturated heterocycles. The maximum Gasteiger partial charge on any atom is 0.471 e. The highest BCUT2D eigenvalue weighted by molar-refractivity contribution is 9.10. The van der Waals surface area contributed by atoms with Crippen LogP contribution in [0.25, 0.3) is 6.08 Å². The van der Waals surface area contributed by atoms with Crippen LogP contribution in [-0.2, 0) is 9.59 Å². The van der Waals surface area contributed by atoms with Crippen LogP contribution >= 0.6 is 15.9 Å². The summed E-state index contributed by atoms with van der Waals surface area (Å²) in [7, 11) is 0. The molecule has 24 heavy (non-hydrogen) atoms. The van der Waals surface area contributed by atoms with Crippen molar-refractivity contribution in [2.75, 3.05) is 13.1 Å². The molecule has 1 heterocycles. The fourth-order valence-corrected chi connectivity index (χ4v) is 2.67. The SMILES string of the molecule is O=C(/C=C/c1ccc(Br)cc1)NC1CCN(C(=O)C(F)(F)F)CC1. The Bertz CT molecular complexity index is 621. The average molecular weight is 405 g/mol. The van der Waals surface area contributed by atoms with Crippen molar-refractivity contribution in [3.05, 3.63) is 40.4 Å². The molecule has 1 aromatic rings. The van der Waals surface area contributed by atoms with Crippen LogP contribution in [0, 0.1) is 0 Å². The Balaban J connectivity index is 1.80. The number of carbonyl (C=O) groups excluding carboxylic acids is 2. The van der Waals surface area contributed by atoms with Gasteiger partial charge in [0.1, 0.15) is 0 Å². The van der Waals surface area contributed by atoms with E-state index in [2.05, 4.69) is 21.2 Å². The minimum absolute atomic E-state index is 0.0142. The van der Waals surface area contributed by atoms with E-state index in [1.165, 1.54) is 6.08 Å². The largest absolute Gasteiger partial charge is 0.471 e. The number of rotatable bonds is 3. The molecule has 2 rings (SSSR count). The number of nitrogens with one attached hydrogen (secondary N) is 1. The maximum atomic E-state index is 12.4. The van der Waals surface area contributed by atoms with Crippen molar-refractivity contribution in [3.63, 3.8) is 0 Å². The molecule has 130 valence electrons. The lowest BCUT2D eigenvalue weighted by molar-refractivity contribution is -0.186. The third kappa shape index (κ3) is 5.36. The number of alkyl halides is 3. The van der Waals surface area contributed by atoms with E-state index in [9.17, 15) is 22.8 Å². The van der Waals surface area contributed by atoms with Crippen molar-refractivity contribution in [2.45, 2.75) is 25.1 Å². The number of hydrogen-bond acceptors (Lipinski definition) is 2. The van der Waals surface area contributed by atoms with Crippen LogP contribution in [0.4, 0.5) is 13.2 Å². The van der Waals surface area contributed by atoms with E-state index >= 15 is 0 Å². The lowest BCUT2D eigenvalue weighted by atomic mass is 10.0. The fraction of sp³-hybridized carbons (Fsp3) is 0.375. The Morgan fingerprint density at radius 1 is 1.17 bits per heavy atom. The first-order valence-corrected chi connectivity index (χ1v) is 8.15. The summed E-state index contributed by atoms with van der Waals surface area (Å²) in [6.07, 6.45) is -1.19. The van der Waals surface area contributed by atoms with E-state index in [0.29, 0.717) is 12.8 Å². The second kappa shape index (κ2) is 7.83. The second-order valence-electron chi connectivity index (χ2n) is 5.46. The summed E-state index contributed by atoms with van der Waals surface area (Å²) < 4.78 is 38.0. The molecule has 0 saturated carbocycles. The number of benzene rings is 1. The highest BCUT2D eigenvalue weighted by atomic mass is 79.9. The normalized spacial score (nSPS) is 16.4. The van der Waals surface area contributed by atoms with Crippen LogP contribution < -0.4 is 5.32 Å². The molecule has 4 nitrogen and oxygen atoms in total. The summed E-state index contributed by atoms with van der Waals surface area (Å²) in [6.45, 7) is -0.0283. The topological polar surface area (TPSA) is 49.4 Å². The zero-order chi connectivity index (χ0) is 17.7. The van der Waals surface area contributed by atoms with E-state index in [0.717, 1.165) is 14.9 Å². The molecule has 0 atom stereocenters. The van der Waals surface area contributed by atoms with Gasteiger partial charge in [0.25, 0.3) is 0 Å². The summed E-state index contributed by atoms with van der Waals surface area (Å²) in [5, 5.41) is 2.74. The van der Waals surface area contributed by atoms with Gasteiger partial charge in [-0.1, -0.05) is 28.1 Å². The van der Waals surface area contributed by atoms with Gasteiger partial charge in [-0.15, -0.1) is 0 Å². The van der Waals surface area contributed by atoms with Crippen LogP contribution in [0.3, 0.4) is 0 Å². The molecule has 0 bridgehead atoms. The van der Waals surface area contributed by atoms with Crippen LogP contribution in [0.15, 0.2) is 34.8 Å². The Labute approximate surface area is 145 Å². The van der Waals surface area contributed by atoms with E-state index in [-0.39, 0.29) is 25.0 Å². The number of nitrogens with zero attached hydrogens (tertiary/aromatic N) is 1. The molecule has 8 heteroatoms. The van der Waals surface area contributed by atoms with Crippen LogP contribution in [0.2, 0.25) is 0 Å². The summed E-state index contributed by atoms with van der Waals surface area (Å²) in [4.78, 5) is 23.8. The lowest BCUT2D eigenvalue weighted by Crippen LogP contribution is -2.49. The summed E-state index contributed by atoms with van der Waals surface area (Å²) in [5.74, 6) is -2.12. The molecule has 0 spiro atoms. The van der Waals surface area contributed by atoms with Crippen molar-refractivity contribution in [1.82, 2.24) is 10.2 Å². The number of carbonyl (C=O) groups is 2. The number of amides is 2. The summed E-state index contributed by atoms with van der Waals surface area (Å²) in [6, 6.07) is 7.16. The Kier molecular flexibility index (Phi) is 6.04. The number of likely N-dealkylation sites (tertiary alicyclic amines) is 1. The highest BCUT2D eigenvalue weighted by Crippen LogP contribution is 2.21. The predicted octanol–water partition coefficient (Wildman–Crippen LogP) is 3.13. The molecular weight excluding hydrogens is 389 g/mol. The minimum atomic E-state index is -4.84. The van der Waals surface area contributed by atoms with Gasteiger partial charge in [0.05, 0.1) is 0 Å². The van der Waals surface area contributed by atoms with Crippen molar-refractivity contribution >= 4 is 33.8 Å².